The van der Waals surface area contributed by atoms with E-state index in [-0.39, 0.29) is 16.4 Å². The Balaban J connectivity index is 2.25. The van der Waals surface area contributed by atoms with Gasteiger partial charge in [-0.25, -0.2) is 4.98 Å². The number of ether oxygens (including phenoxy) is 1. The van der Waals surface area contributed by atoms with Gasteiger partial charge in [0, 0.05) is 12.3 Å². The predicted molar refractivity (Wildman–Crippen MR) is 79.6 cm³/mol. The first-order valence-corrected chi connectivity index (χ1v) is 6.32. The van der Waals surface area contributed by atoms with Crippen molar-refractivity contribution in [3.05, 3.63) is 46.1 Å². The van der Waals surface area contributed by atoms with Gasteiger partial charge in [0.25, 0.3) is 5.91 Å². The fraction of sp³-hybridized carbons (Fsp3) is 0.0769. The molecule has 0 fully saturated rings. The highest BCUT2D eigenvalue weighted by Gasteiger charge is 2.11. The number of halogens is 2. The van der Waals surface area contributed by atoms with Gasteiger partial charge in [0.15, 0.2) is 0 Å². The highest BCUT2D eigenvalue weighted by molar-refractivity contribution is 6.34. The van der Waals surface area contributed by atoms with Gasteiger partial charge in [-0.1, -0.05) is 23.2 Å². The van der Waals surface area contributed by atoms with Gasteiger partial charge in [-0.15, -0.1) is 0 Å². The summed E-state index contributed by atoms with van der Waals surface area (Å²) in [6.45, 7) is 0. The molecule has 0 aliphatic carbocycles. The average molecular weight is 312 g/mol. The Morgan fingerprint density at radius 1 is 1.30 bits per heavy atom. The zero-order valence-corrected chi connectivity index (χ0v) is 12.0. The summed E-state index contributed by atoms with van der Waals surface area (Å²) in [6.07, 6.45) is 1.34. The molecule has 104 valence electrons. The van der Waals surface area contributed by atoms with Crippen molar-refractivity contribution in [2.75, 3.05) is 18.2 Å². The van der Waals surface area contributed by atoms with Crippen molar-refractivity contribution in [2.45, 2.75) is 0 Å². The van der Waals surface area contributed by atoms with Crippen LogP contribution in [-0.4, -0.2) is 18.0 Å². The second-order valence-electron chi connectivity index (χ2n) is 3.89. The SMILES string of the molecule is COc1ccc(Cl)c(NC(=O)c2cnc(N)c(Cl)c2)c1. The van der Waals surface area contributed by atoms with Gasteiger partial charge in [0.1, 0.15) is 11.6 Å². The predicted octanol–water partition coefficient (Wildman–Crippen LogP) is 3.23. The van der Waals surface area contributed by atoms with Crippen LogP contribution in [0.25, 0.3) is 0 Å². The zero-order chi connectivity index (χ0) is 14.7. The zero-order valence-electron chi connectivity index (χ0n) is 10.5. The third-order valence-electron chi connectivity index (χ3n) is 2.55. The molecule has 1 aromatic heterocycles. The number of methoxy groups -OCH3 is 1. The normalized spacial score (nSPS) is 10.2. The van der Waals surface area contributed by atoms with E-state index in [1.807, 2.05) is 0 Å². The number of nitrogens with two attached hydrogens (primary N) is 1. The number of hydrogen-bond donors (Lipinski definition) is 2. The minimum Gasteiger partial charge on any atom is -0.497 e. The Bertz CT molecular complexity index is 662. The van der Waals surface area contributed by atoms with Crippen LogP contribution in [-0.2, 0) is 0 Å². The van der Waals surface area contributed by atoms with Gasteiger partial charge in [-0.3, -0.25) is 4.79 Å². The highest BCUT2D eigenvalue weighted by Crippen LogP contribution is 2.27. The number of hydrogen-bond acceptors (Lipinski definition) is 4. The van der Waals surface area contributed by atoms with Crippen molar-refractivity contribution in [1.29, 1.82) is 0 Å². The van der Waals surface area contributed by atoms with Crippen LogP contribution in [0.3, 0.4) is 0 Å². The quantitative estimate of drug-likeness (QED) is 0.912. The van der Waals surface area contributed by atoms with E-state index < -0.39 is 5.91 Å². The molecule has 0 bridgehead atoms. The number of nitrogens with zero attached hydrogens (tertiary/aromatic N) is 1. The van der Waals surface area contributed by atoms with E-state index >= 15 is 0 Å². The Hall–Kier alpha value is -1.98. The molecule has 0 spiro atoms. The van der Waals surface area contributed by atoms with E-state index in [2.05, 4.69) is 10.3 Å². The first-order chi connectivity index (χ1) is 9.51. The molecule has 0 aliphatic rings. The lowest BCUT2D eigenvalue weighted by Crippen LogP contribution is -2.13. The van der Waals surface area contributed by atoms with Crippen LogP contribution in [0.2, 0.25) is 10.0 Å². The fourth-order valence-electron chi connectivity index (χ4n) is 1.49. The van der Waals surface area contributed by atoms with Gasteiger partial charge in [-0.2, -0.15) is 0 Å². The Labute approximate surface area is 125 Å². The minimum absolute atomic E-state index is 0.169. The van der Waals surface area contributed by atoms with Crippen molar-refractivity contribution in [3.8, 4) is 5.75 Å². The van der Waals surface area contributed by atoms with Crippen LogP contribution in [0, 0.1) is 0 Å². The van der Waals surface area contributed by atoms with Crippen LogP contribution < -0.4 is 15.8 Å². The lowest BCUT2D eigenvalue weighted by molar-refractivity contribution is 0.102. The topological polar surface area (TPSA) is 77.2 Å². The lowest BCUT2D eigenvalue weighted by Gasteiger charge is -2.09. The molecule has 0 atom stereocenters. The lowest BCUT2D eigenvalue weighted by atomic mass is 10.2. The Morgan fingerprint density at radius 2 is 2.05 bits per heavy atom. The average Bonchev–Trinajstić information content (AvgIpc) is 2.44. The smallest absolute Gasteiger partial charge is 0.257 e. The molecule has 1 aromatic carbocycles. The van der Waals surface area contributed by atoms with E-state index in [1.54, 1.807) is 18.2 Å². The minimum atomic E-state index is -0.394. The molecule has 7 heteroatoms. The van der Waals surface area contributed by atoms with Crippen molar-refractivity contribution in [2.24, 2.45) is 0 Å². The molecule has 2 aromatic rings. The molecule has 5 nitrogen and oxygen atoms in total. The van der Waals surface area contributed by atoms with Gasteiger partial charge in [0.05, 0.1) is 28.4 Å². The first-order valence-electron chi connectivity index (χ1n) is 5.57. The summed E-state index contributed by atoms with van der Waals surface area (Å²) in [7, 11) is 1.53. The number of carbonyl (C=O) groups excluding carboxylic acids is 1. The molecular formula is C13H11Cl2N3O2. The summed E-state index contributed by atoms with van der Waals surface area (Å²) in [5.41, 5.74) is 6.21. The van der Waals surface area contributed by atoms with Crippen LogP contribution in [0.5, 0.6) is 5.75 Å². The van der Waals surface area contributed by atoms with E-state index in [9.17, 15) is 4.79 Å². The molecule has 0 saturated carbocycles. The third-order valence-corrected chi connectivity index (χ3v) is 3.19. The molecule has 3 N–H and O–H groups in total. The maximum atomic E-state index is 12.1. The largest absolute Gasteiger partial charge is 0.497 e. The second-order valence-corrected chi connectivity index (χ2v) is 4.71. The maximum Gasteiger partial charge on any atom is 0.257 e. The Morgan fingerprint density at radius 3 is 2.70 bits per heavy atom. The monoisotopic (exact) mass is 311 g/mol. The molecule has 2 rings (SSSR count). The fourth-order valence-corrected chi connectivity index (χ4v) is 1.83. The molecule has 0 radical (unpaired) electrons. The molecule has 0 aliphatic heterocycles. The third kappa shape index (κ3) is 3.12. The van der Waals surface area contributed by atoms with Gasteiger partial charge >= 0.3 is 0 Å². The van der Waals surface area contributed by atoms with Gasteiger partial charge in [-0.05, 0) is 18.2 Å². The van der Waals surface area contributed by atoms with Crippen LogP contribution in [0.15, 0.2) is 30.5 Å². The van der Waals surface area contributed by atoms with Crippen molar-refractivity contribution in [3.63, 3.8) is 0 Å². The van der Waals surface area contributed by atoms with E-state index in [4.69, 9.17) is 33.7 Å². The van der Waals surface area contributed by atoms with E-state index in [0.717, 1.165) is 0 Å². The van der Waals surface area contributed by atoms with E-state index in [0.29, 0.717) is 16.5 Å². The number of anilines is 2. The molecule has 1 heterocycles. The summed E-state index contributed by atoms with van der Waals surface area (Å²) in [6, 6.07) is 6.38. The van der Waals surface area contributed by atoms with Crippen molar-refractivity contribution < 1.29 is 9.53 Å². The van der Waals surface area contributed by atoms with Crippen molar-refractivity contribution in [1.82, 2.24) is 4.98 Å². The molecule has 20 heavy (non-hydrogen) atoms. The summed E-state index contributed by atoms with van der Waals surface area (Å²) >= 11 is 11.8. The summed E-state index contributed by atoms with van der Waals surface area (Å²) in [4.78, 5) is 15.9. The standard InChI is InChI=1S/C13H11Cl2N3O2/c1-20-8-2-3-9(14)11(5-8)18-13(19)7-4-10(15)12(16)17-6-7/h2-6H,1H3,(H2,16,17)(H,18,19). The van der Waals surface area contributed by atoms with Crippen LogP contribution >= 0.6 is 23.2 Å². The number of aromatic nitrogens is 1. The van der Waals surface area contributed by atoms with Crippen molar-refractivity contribution >= 4 is 40.6 Å². The Kier molecular flexibility index (Phi) is 4.32. The second kappa shape index (κ2) is 5.98. The van der Waals surface area contributed by atoms with Gasteiger partial charge < -0.3 is 15.8 Å². The molecular weight excluding hydrogens is 301 g/mol. The number of nitrogens with one attached hydrogen (secondary N) is 1. The van der Waals surface area contributed by atoms with Gasteiger partial charge in [0.2, 0.25) is 0 Å². The number of pyridine rings is 1. The summed E-state index contributed by atoms with van der Waals surface area (Å²) < 4.78 is 5.07. The molecule has 1 amide bonds. The van der Waals surface area contributed by atoms with E-state index in [1.165, 1.54) is 19.4 Å². The number of amides is 1. The summed E-state index contributed by atoms with van der Waals surface area (Å²) in [5.74, 6) is 0.357. The molecule has 0 unspecified atom stereocenters. The number of carbonyl (C=O) groups is 1. The van der Waals surface area contributed by atoms with Crippen LogP contribution in [0.1, 0.15) is 10.4 Å². The molecule has 0 saturated heterocycles. The highest BCUT2D eigenvalue weighted by atomic mass is 35.5. The first kappa shape index (κ1) is 14.4. The summed E-state index contributed by atoms with van der Waals surface area (Å²) in [5, 5.41) is 3.27. The number of benzene rings is 1. The van der Waals surface area contributed by atoms with Crippen LogP contribution in [0.4, 0.5) is 11.5 Å². The number of nitrogen functional groups attached to an aromatic ring is 1. The maximum absolute atomic E-state index is 12.1. The number of rotatable bonds is 3.